The molecule has 6 heteroatoms. The molecule has 1 aromatic heterocycles. The molecule has 1 unspecified atom stereocenters. The van der Waals surface area contributed by atoms with Crippen LogP contribution in [0.1, 0.15) is 17.2 Å². The number of ether oxygens (including phenoxy) is 2. The zero-order valence-electron chi connectivity index (χ0n) is 11.1. The molecule has 2 N–H and O–H groups in total. The third kappa shape index (κ3) is 2.76. The van der Waals surface area contributed by atoms with Gasteiger partial charge in [0.1, 0.15) is 21.8 Å². The number of methoxy groups -OCH3 is 2. The van der Waals surface area contributed by atoms with Gasteiger partial charge >= 0.3 is 0 Å². The fourth-order valence-corrected chi connectivity index (χ4v) is 2.63. The Morgan fingerprint density at radius 2 is 2.00 bits per heavy atom. The van der Waals surface area contributed by atoms with Gasteiger partial charge in [-0.15, -0.1) is 0 Å². The van der Waals surface area contributed by atoms with Gasteiger partial charge in [-0.05, 0) is 39.7 Å². The fraction of sp³-hybridized carbons (Fsp3) is 0.214. The first-order chi connectivity index (χ1) is 9.58. The Morgan fingerprint density at radius 1 is 1.25 bits per heavy atom. The highest BCUT2D eigenvalue weighted by atomic mass is 79.9. The molecular formula is C14H14BrFN2O2. The van der Waals surface area contributed by atoms with Crippen LogP contribution in [0.5, 0.6) is 11.5 Å². The number of nitrogens with zero attached hydrogens (tertiary/aromatic N) is 1. The van der Waals surface area contributed by atoms with Crippen LogP contribution < -0.4 is 15.2 Å². The van der Waals surface area contributed by atoms with E-state index < -0.39 is 11.9 Å². The van der Waals surface area contributed by atoms with Crippen molar-refractivity contribution in [3.05, 3.63) is 52.0 Å². The maximum atomic E-state index is 13.2. The van der Waals surface area contributed by atoms with Crippen molar-refractivity contribution in [2.45, 2.75) is 6.04 Å². The third-order valence-corrected chi connectivity index (χ3v) is 3.69. The molecule has 2 aromatic rings. The van der Waals surface area contributed by atoms with Gasteiger partial charge in [0.15, 0.2) is 0 Å². The van der Waals surface area contributed by atoms with Crippen molar-refractivity contribution in [2.75, 3.05) is 14.2 Å². The maximum Gasteiger partial charge on any atom is 0.141 e. The van der Waals surface area contributed by atoms with Gasteiger partial charge in [-0.2, -0.15) is 0 Å². The zero-order chi connectivity index (χ0) is 14.7. The van der Waals surface area contributed by atoms with Crippen LogP contribution in [0.4, 0.5) is 4.39 Å². The molecule has 0 aliphatic heterocycles. The summed E-state index contributed by atoms with van der Waals surface area (Å²) in [5, 5.41) is 0. The van der Waals surface area contributed by atoms with Gasteiger partial charge in [-0.1, -0.05) is 0 Å². The normalized spacial score (nSPS) is 12.1. The van der Waals surface area contributed by atoms with Gasteiger partial charge < -0.3 is 15.2 Å². The molecular weight excluding hydrogens is 327 g/mol. The highest BCUT2D eigenvalue weighted by Gasteiger charge is 2.19. The van der Waals surface area contributed by atoms with Crippen LogP contribution in [0.15, 0.2) is 35.1 Å². The van der Waals surface area contributed by atoms with Crippen molar-refractivity contribution in [1.29, 1.82) is 0 Å². The second-order valence-corrected chi connectivity index (χ2v) is 4.91. The average molecular weight is 341 g/mol. The molecule has 4 nitrogen and oxygen atoms in total. The van der Waals surface area contributed by atoms with Crippen molar-refractivity contribution >= 4 is 15.9 Å². The van der Waals surface area contributed by atoms with E-state index in [1.165, 1.54) is 12.3 Å². The molecule has 2 rings (SSSR count). The van der Waals surface area contributed by atoms with E-state index in [4.69, 9.17) is 15.2 Å². The monoisotopic (exact) mass is 340 g/mol. The molecule has 1 heterocycles. The SMILES string of the molecule is COc1ccc(C(N)c2cncc(F)c2)c(OC)c1Br. The lowest BCUT2D eigenvalue weighted by Crippen LogP contribution is -2.14. The number of nitrogens with two attached hydrogens (primary N) is 1. The van der Waals surface area contributed by atoms with Crippen molar-refractivity contribution in [1.82, 2.24) is 4.98 Å². The van der Waals surface area contributed by atoms with Gasteiger partial charge in [0.25, 0.3) is 0 Å². The first-order valence-corrected chi connectivity index (χ1v) is 6.64. The van der Waals surface area contributed by atoms with Crippen LogP contribution >= 0.6 is 15.9 Å². The van der Waals surface area contributed by atoms with Gasteiger partial charge in [0, 0.05) is 11.8 Å². The lowest BCUT2D eigenvalue weighted by molar-refractivity contribution is 0.385. The van der Waals surface area contributed by atoms with E-state index in [1.54, 1.807) is 26.4 Å². The smallest absolute Gasteiger partial charge is 0.141 e. The number of benzene rings is 1. The standard InChI is InChI=1S/C14H14BrFN2O2/c1-19-11-4-3-10(14(20-2)12(11)15)13(17)8-5-9(16)7-18-6-8/h3-7,13H,17H2,1-2H3. The van der Waals surface area contributed by atoms with Crippen molar-refractivity contribution in [3.63, 3.8) is 0 Å². The lowest BCUT2D eigenvalue weighted by atomic mass is 10.00. The molecule has 1 aromatic carbocycles. The van der Waals surface area contributed by atoms with E-state index in [0.717, 1.165) is 6.20 Å². The number of hydrogen-bond donors (Lipinski definition) is 1. The Hall–Kier alpha value is -1.66. The number of pyridine rings is 1. The van der Waals surface area contributed by atoms with Crippen molar-refractivity contribution < 1.29 is 13.9 Å². The molecule has 0 amide bonds. The maximum absolute atomic E-state index is 13.2. The van der Waals surface area contributed by atoms with Crippen molar-refractivity contribution in [2.24, 2.45) is 5.73 Å². The Balaban J connectivity index is 2.49. The first-order valence-electron chi connectivity index (χ1n) is 5.85. The molecule has 0 saturated heterocycles. The van der Waals surface area contributed by atoms with Crippen LogP contribution in [-0.2, 0) is 0 Å². The highest BCUT2D eigenvalue weighted by molar-refractivity contribution is 9.10. The number of halogens is 2. The minimum absolute atomic E-state index is 0.426. The summed E-state index contributed by atoms with van der Waals surface area (Å²) in [6.45, 7) is 0. The van der Waals surface area contributed by atoms with E-state index in [9.17, 15) is 4.39 Å². The molecule has 1 atom stereocenters. The molecule has 0 bridgehead atoms. The Morgan fingerprint density at radius 3 is 2.60 bits per heavy atom. The second-order valence-electron chi connectivity index (χ2n) is 4.12. The Bertz CT molecular complexity index is 622. The summed E-state index contributed by atoms with van der Waals surface area (Å²) in [5.74, 6) is 0.765. The molecule has 0 spiro atoms. The van der Waals surface area contributed by atoms with Crippen LogP contribution in [-0.4, -0.2) is 19.2 Å². The zero-order valence-corrected chi connectivity index (χ0v) is 12.6. The summed E-state index contributed by atoms with van der Waals surface area (Å²) < 4.78 is 24.5. The topological polar surface area (TPSA) is 57.4 Å². The number of hydrogen-bond acceptors (Lipinski definition) is 4. The first kappa shape index (κ1) is 14.7. The van der Waals surface area contributed by atoms with E-state index in [0.29, 0.717) is 27.1 Å². The van der Waals surface area contributed by atoms with Crippen LogP contribution in [0.3, 0.4) is 0 Å². The van der Waals surface area contributed by atoms with E-state index in [-0.39, 0.29) is 0 Å². The average Bonchev–Trinajstić information content (AvgIpc) is 2.46. The second kappa shape index (κ2) is 6.19. The van der Waals surface area contributed by atoms with Gasteiger partial charge in [0.2, 0.25) is 0 Å². The lowest BCUT2D eigenvalue weighted by Gasteiger charge is -2.18. The summed E-state index contributed by atoms with van der Waals surface area (Å²) in [6.07, 6.45) is 2.67. The van der Waals surface area contributed by atoms with Crippen molar-refractivity contribution in [3.8, 4) is 11.5 Å². The van der Waals surface area contributed by atoms with Gasteiger partial charge in [0.05, 0.1) is 26.5 Å². The molecule has 106 valence electrons. The quantitative estimate of drug-likeness (QED) is 0.929. The predicted octanol–water partition coefficient (Wildman–Crippen LogP) is 3.05. The van der Waals surface area contributed by atoms with Crippen LogP contribution in [0.2, 0.25) is 0 Å². The largest absolute Gasteiger partial charge is 0.495 e. The summed E-state index contributed by atoms with van der Waals surface area (Å²) in [6, 6.07) is 4.37. The molecule has 0 aliphatic carbocycles. The summed E-state index contributed by atoms with van der Waals surface area (Å²) in [5.41, 5.74) is 7.46. The fourth-order valence-electron chi connectivity index (χ4n) is 1.94. The Kier molecular flexibility index (Phi) is 4.57. The van der Waals surface area contributed by atoms with Crippen LogP contribution in [0.25, 0.3) is 0 Å². The minimum Gasteiger partial charge on any atom is -0.495 e. The molecule has 0 saturated carbocycles. The highest BCUT2D eigenvalue weighted by Crippen LogP contribution is 2.40. The van der Waals surface area contributed by atoms with Crippen LogP contribution in [0, 0.1) is 5.82 Å². The number of rotatable bonds is 4. The van der Waals surface area contributed by atoms with E-state index >= 15 is 0 Å². The summed E-state index contributed by atoms with van der Waals surface area (Å²) in [7, 11) is 3.11. The van der Waals surface area contributed by atoms with E-state index in [2.05, 4.69) is 20.9 Å². The number of aromatic nitrogens is 1. The van der Waals surface area contributed by atoms with Gasteiger partial charge in [-0.3, -0.25) is 4.98 Å². The minimum atomic E-state index is -0.546. The molecule has 0 fully saturated rings. The van der Waals surface area contributed by atoms with Gasteiger partial charge in [-0.25, -0.2) is 4.39 Å². The molecule has 0 radical (unpaired) electrons. The van der Waals surface area contributed by atoms with E-state index in [1.807, 2.05) is 0 Å². The third-order valence-electron chi connectivity index (χ3n) is 2.94. The summed E-state index contributed by atoms with van der Waals surface area (Å²) >= 11 is 3.41. The Labute approximate surface area is 124 Å². The molecule has 0 aliphatic rings. The molecule has 20 heavy (non-hydrogen) atoms. The predicted molar refractivity (Wildman–Crippen MR) is 77.5 cm³/mol. The summed E-state index contributed by atoms with van der Waals surface area (Å²) in [4.78, 5) is 3.81.